The summed E-state index contributed by atoms with van der Waals surface area (Å²) in [5.41, 5.74) is 2.07. The van der Waals surface area contributed by atoms with E-state index in [9.17, 15) is 22.8 Å². The average molecular weight is 783 g/mol. The Labute approximate surface area is 324 Å². The maximum absolute atomic E-state index is 15.1. The van der Waals surface area contributed by atoms with Crippen molar-refractivity contribution >= 4 is 46.9 Å². The summed E-state index contributed by atoms with van der Waals surface area (Å²) in [7, 11) is 0. The molecule has 0 spiro atoms. The molecule has 0 bridgehead atoms. The number of hydrogen-bond acceptors (Lipinski definition) is 10. The molecule has 10 nitrogen and oxygen atoms in total. The van der Waals surface area contributed by atoms with Crippen LogP contribution in [0.5, 0.6) is 0 Å². The van der Waals surface area contributed by atoms with E-state index in [1.165, 1.54) is 6.07 Å². The second-order valence-electron chi connectivity index (χ2n) is 15.7. The smallest absolute Gasteiger partial charge is 0.371 e. The topological polar surface area (TPSA) is 106 Å². The van der Waals surface area contributed by atoms with Gasteiger partial charge in [0.25, 0.3) is 0 Å². The number of anilines is 4. The van der Waals surface area contributed by atoms with Crippen molar-refractivity contribution in [2.24, 2.45) is 11.8 Å². The van der Waals surface area contributed by atoms with E-state index >= 15 is 4.39 Å². The van der Waals surface area contributed by atoms with Crippen molar-refractivity contribution in [2.75, 3.05) is 60.9 Å². The van der Waals surface area contributed by atoms with Crippen LogP contribution in [0.1, 0.15) is 80.9 Å². The molecule has 15 heteroatoms. The van der Waals surface area contributed by atoms with Gasteiger partial charge in [-0.2, -0.15) is 18.2 Å². The highest BCUT2D eigenvalue weighted by atomic mass is 32.2. The summed E-state index contributed by atoms with van der Waals surface area (Å²) in [6, 6.07) is 11.5. The van der Waals surface area contributed by atoms with Crippen molar-refractivity contribution in [2.45, 2.75) is 88.2 Å². The third kappa shape index (κ3) is 9.72. The predicted molar refractivity (Wildman–Crippen MR) is 207 cm³/mol. The lowest BCUT2D eigenvalue weighted by Crippen LogP contribution is -2.44. The third-order valence-corrected chi connectivity index (χ3v) is 12.4. The summed E-state index contributed by atoms with van der Waals surface area (Å²) in [6.07, 6.45) is 2.91. The SMILES string of the molecule is Cc1cc(SNC2CCN(CC3CCN(c4ccc(C5CCC(=O)NC5=O)c(F)c4)CC3)CC2)ccc1Nc1ncc(C(F)(F)F)c(N2CCCC(C)C2)n1. The van der Waals surface area contributed by atoms with Crippen LogP contribution in [0.4, 0.5) is 40.7 Å². The van der Waals surface area contributed by atoms with Crippen molar-refractivity contribution in [1.29, 1.82) is 0 Å². The number of nitrogens with zero attached hydrogens (tertiary/aromatic N) is 5. The molecule has 4 aliphatic rings. The molecule has 4 aliphatic heterocycles. The Kier molecular flexibility index (Phi) is 12.2. The van der Waals surface area contributed by atoms with Crippen molar-refractivity contribution in [3.63, 3.8) is 0 Å². The number of carbonyl (C=O) groups is 2. The van der Waals surface area contributed by atoms with Gasteiger partial charge in [0.1, 0.15) is 17.2 Å². The lowest BCUT2D eigenvalue weighted by molar-refractivity contribution is -0.138. The number of benzene rings is 2. The minimum absolute atomic E-state index is 0.0625. The zero-order chi connectivity index (χ0) is 38.7. The van der Waals surface area contributed by atoms with E-state index in [0.29, 0.717) is 43.0 Å². The number of aryl methyl sites for hydroxylation is 1. The fourth-order valence-corrected chi connectivity index (χ4v) is 9.24. The number of amides is 2. The molecule has 1 aromatic heterocycles. The molecule has 2 amide bonds. The minimum atomic E-state index is -4.53. The van der Waals surface area contributed by atoms with Gasteiger partial charge < -0.3 is 20.0 Å². The summed E-state index contributed by atoms with van der Waals surface area (Å²) in [4.78, 5) is 39.7. The Hall–Kier alpha value is -3.95. The van der Waals surface area contributed by atoms with Crippen LogP contribution in [-0.4, -0.2) is 78.5 Å². The first-order chi connectivity index (χ1) is 26.4. The fourth-order valence-electron chi connectivity index (χ4n) is 8.33. The van der Waals surface area contributed by atoms with Crippen molar-refractivity contribution in [3.05, 3.63) is 65.1 Å². The van der Waals surface area contributed by atoms with Crippen LogP contribution in [-0.2, 0) is 15.8 Å². The summed E-state index contributed by atoms with van der Waals surface area (Å²) in [6.45, 7) is 9.93. The molecule has 0 radical (unpaired) electrons. The molecule has 0 aliphatic carbocycles. The highest BCUT2D eigenvalue weighted by Crippen LogP contribution is 2.38. The van der Waals surface area contributed by atoms with Crippen LogP contribution >= 0.6 is 11.9 Å². The Balaban J connectivity index is 0.846. The number of alkyl halides is 3. The molecule has 3 N–H and O–H groups in total. The van der Waals surface area contributed by atoms with Gasteiger partial charge in [-0.3, -0.25) is 19.6 Å². The minimum Gasteiger partial charge on any atom is -0.371 e. The molecule has 7 rings (SSSR count). The van der Waals surface area contributed by atoms with Crippen LogP contribution in [0.25, 0.3) is 0 Å². The number of likely N-dealkylation sites (tertiary alicyclic amines) is 1. The standard InChI is InChI=1S/C40H50F4N8O2S/c1-25-4-3-15-52(23-25)37-33(40(42,43)44)22-45-39(48-37)46-35-9-6-30(20-26(35)2)55-49-28-13-16-50(17-14-28)24-27-11-18-51(19-12-27)29-5-7-31(34(41)21-29)32-8-10-36(53)47-38(32)54/h5-7,9,20-22,25,27-28,32,49H,3-4,8,10-19,23-24H2,1-2H3,(H,45,46,48)(H,47,53,54). The van der Waals surface area contributed by atoms with E-state index in [4.69, 9.17) is 0 Å². The quantitative estimate of drug-likeness (QED) is 0.109. The highest BCUT2D eigenvalue weighted by Gasteiger charge is 2.38. The van der Waals surface area contributed by atoms with Gasteiger partial charge in [-0.15, -0.1) is 0 Å². The van der Waals surface area contributed by atoms with E-state index in [1.807, 2.05) is 25.1 Å². The second-order valence-corrected chi connectivity index (χ2v) is 16.6. The van der Waals surface area contributed by atoms with Crippen molar-refractivity contribution in [1.82, 2.24) is 24.9 Å². The molecular weight excluding hydrogens is 733 g/mol. The Morgan fingerprint density at radius 2 is 1.73 bits per heavy atom. The van der Waals surface area contributed by atoms with Crippen molar-refractivity contribution < 1.29 is 27.2 Å². The van der Waals surface area contributed by atoms with Gasteiger partial charge in [-0.1, -0.05) is 13.0 Å². The number of rotatable bonds is 10. The summed E-state index contributed by atoms with van der Waals surface area (Å²) >= 11 is 1.60. The third-order valence-electron chi connectivity index (χ3n) is 11.5. The predicted octanol–water partition coefficient (Wildman–Crippen LogP) is 7.42. The molecule has 55 heavy (non-hydrogen) atoms. The van der Waals surface area contributed by atoms with Crippen molar-refractivity contribution in [3.8, 4) is 0 Å². The Morgan fingerprint density at radius 1 is 0.945 bits per heavy atom. The lowest BCUT2D eigenvalue weighted by Gasteiger charge is -2.38. The maximum Gasteiger partial charge on any atom is 0.421 e. The first-order valence-electron chi connectivity index (χ1n) is 19.5. The van der Waals surface area contributed by atoms with E-state index < -0.39 is 29.4 Å². The first-order valence-corrected chi connectivity index (χ1v) is 20.3. The number of piperidine rings is 4. The zero-order valence-electron chi connectivity index (χ0n) is 31.4. The molecule has 2 unspecified atom stereocenters. The van der Waals surface area contributed by atoms with E-state index in [-0.39, 0.29) is 24.1 Å². The largest absolute Gasteiger partial charge is 0.421 e. The van der Waals surface area contributed by atoms with Crippen LogP contribution < -0.4 is 25.2 Å². The van der Waals surface area contributed by atoms with Crippen LogP contribution in [0.3, 0.4) is 0 Å². The Bertz CT molecular complexity index is 1850. The molecule has 2 aromatic carbocycles. The molecular formula is C40H50F4N8O2S. The number of nitrogens with one attached hydrogen (secondary N) is 3. The number of halogens is 4. The molecule has 4 saturated heterocycles. The Morgan fingerprint density at radius 3 is 2.42 bits per heavy atom. The average Bonchev–Trinajstić information content (AvgIpc) is 3.16. The van der Waals surface area contributed by atoms with E-state index in [0.717, 1.165) is 99.3 Å². The lowest BCUT2D eigenvalue weighted by atomic mass is 9.89. The normalized spacial score (nSPS) is 22.2. The highest BCUT2D eigenvalue weighted by molar-refractivity contribution is 7.97. The summed E-state index contributed by atoms with van der Waals surface area (Å²) < 4.78 is 60.3. The zero-order valence-corrected chi connectivity index (χ0v) is 32.2. The van der Waals surface area contributed by atoms with Gasteiger partial charge >= 0.3 is 6.18 Å². The molecule has 3 aromatic rings. The van der Waals surface area contributed by atoms with Crippen LogP contribution in [0, 0.1) is 24.6 Å². The van der Waals surface area contributed by atoms with Gasteiger partial charge in [-0.25, -0.2) is 9.37 Å². The van der Waals surface area contributed by atoms with E-state index in [1.54, 1.807) is 22.9 Å². The van der Waals surface area contributed by atoms with Gasteiger partial charge in [0.2, 0.25) is 17.8 Å². The van der Waals surface area contributed by atoms with Gasteiger partial charge in [-0.05, 0) is 125 Å². The molecule has 0 saturated carbocycles. The maximum atomic E-state index is 15.1. The number of hydrogen-bond donors (Lipinski definition) is 3. The van der Waals surface area contributed by atoms with Crippen LogP contribution in [0.15, 0.2) is 47.5 Å². The first kappa shape index (κ1) is 39.3. The van der Waals surface area contributed by atoms with Crippen LogP contribution in [0.2, 0.25) is 0 Å². The summed E-state index contributed by atoms with van der Waals surface area (Å²) in [5.74, 6) is -0.775. The van der Waals surface area contributed by atoms with E-state index in [2.05, 4.69) is 48.1 Å². The van der Waals surface area contributed by atoms with Gasteiger partial charge in [0.05, 0.1) is 5.92 Å². The van der Waals surface area contributed by atoms with Gasteiger partial charge in [0, 0.05) is 73.2 Å². The monoisotopic (exact) mass is 782 g/mol. The molecule has 2 atom stereocenters. The fraction of sp³-hybridized carbons (Fsp3) is 0.550. The number of carbonyl (C=O) groups excluding carboxylic acids is 2. The molecule has 5 heterocycles. The number of aromatic nitrogens is 2. The second kappa shape index (κ2) is 17.0. The molecule has 296 valence electrons. The molecule has 4 fully saturated rings. The van der Waals surface area contributed by atoms with Gasteiger partial charge in [0.15, 0.2) is 0 Å². The summed E-state index contributed by atoms with van der Waals surface area (Å²) in [5, 5.41) is 5.47. The number of imide groups is 1.